The van der Waals surface area contributed by atoms with Gasteiger partial charge < -0.3 is 4.57 Å². The number of aromatic nitrogens is 6. The van der Waals surface area contributed by atoms with Crippen molar-refractivity contribution in [3.8, 4) is 0 Å². The van der Waals surface area contributed by atoms with Crippen LogP contribution in [-0.4, -0.2) is 47.5 Å². The van der Waals surface area contributed by atoms with E-state index in [1.807, 2.05) is 11.3 Å². The number of nitrogens with zero attached hydrogens (tertiary/aromatic N) is 7. The van der Waals surface area contributed by atoms with Crippen molar-refractivity contribution in [1.29, 1.82) is 0 Å². The van der Waals surface area contributed by atoms with Gasteiger partial charge in [0.2, 0.25) is 0 Å². The Labute approximate surface area is 145 Å². The van der Waals surface area contributed by atoms with Crippen molar-refractivity contribution >= 4 is 11.3 Å². The fourth-order valence-corrected chi connectivity index (χ4v) is 4.05. The molecule has 1 fully saturated rings. The SMILES string of the molecule is Cn1c(Cn2cncn2)nnc1C1CCN(Cc2cccs2)CC1. The summed E-state index contributed by atoms with van der Waals surface area (Å²) in [5.41, 5.74) is 0. The van der Waals surface area contributed by atoms with E-state index in [-0.39, 0.29) is 0 Å². The van der Waals surface area contributed by atoms with Crippen LogP contribution in [0.5, 0.6) is 0 Å². The first kappa shape index (κ1) is 15.5. The van der Waals surface area contributed by atoms with Gasteiger partial charge in [-0.3, -0.25) is 4.90 Å². The van der Waals surface area contributed by atoms with Gasteiger partial charge in [0.1, 0.15) is 25.0 Å². The summed E-state index contributed by atoms with van der Waals surface area (Å²) in [6, 6.07) is 4.35. The predicted molar refractivity (Wildman–Crippen MR) is 91.7 cm³/mol. The summed E-state index contributed by atoms with van der Waals surface area (Å²) >= 11 is 1.84. The van der Waals surface area contributed by atoms with Gasteiger partial charge in [-0.1, -0.05) is 6.07 Å². The summed E-state index contributed by atoms with van der Waals surface area (Å²) in [6.45, 7) is 3.92. The van der Waals surface area contributed by atoms with E-state index in [1.165, 1.54) is 4.88 Å². The third-order valence-corrected chi connectivity index (χ3v) is 5.54. The predicted octanol–water partition coefficient (Wildman–Crippen LogP) is 1.90. The molecule has 1 saturated heterocycles. The van der Waals surface area contributed by atoms with Gasteiger partial charge in [-0.25, -0.2) is 9.67 Å². The maximum Gasteiger partial charge on any atom is 0.154 e. The number of rotatable bonds is 5. The Morgan fingerprint density at radius 3 is 2.79 bits per heavy atom. The number of likely N-dealkylation sites (tertiary alicyclic amines) is 1. The summed E-state index contributed by atoms with van der Waals surface area (Å²) in [6.07, 6.45) is 5.53. The standard InChI is InChI=1S/C16H21N7S/c1-21-15(10-23-12-17-11-18-23)19-20-16(21)13-4-6-22(7-5-13)9-14-3-2-8-24-14/h2-3,8,11-13H,4-7,9-10H2,1H3. The van der Waals surface area contributed by atoms with Crippen LogP contribution in [0.2, 0.25) is 0 Å². The second-order valence-corrected chi connectivity index (χ2v) is 7.29. The zero-order valence-corrected chi connectivity index (χ0v) is 14.6. The quantitative estimate of drug-likeness (QED) is 0.708. The monoisotopic (exact) mass is 343 g/mol. The maximum atomic E-state index is 4.46. The fraction of sp³-hybridized carbons (Fsp3) is 0.500. The van der Waals surface area contributed by atoms with E-state index in [1.54, 1.807) is 17.3 Å². The zero-order chi connectivity index (χ0) is 16.4. The van der Waals surface area contributed by atoms with Gasteiger partial charge in [0.15, 0.2) is 5.82 Å². The minimum atomic E-state index is 0.492. The number of hydrogen-bond acceptors (Lipinski definition) is 6. The second-order valence-electron chi connectivity index (χ2n) is 6.26. The van der Waals surface area contributed by atoms with Crippen molar-refractivity contribution in [3.63, 3.8) is 0 Å². The third kappa shape index (κ3) is 3.25. The minimum Gasteiger partial charge on any atom is -0.316 e. The second kappa shape index (κ2) is 6.82. The highest BCUT2D eigenvalue weighted by Gasteiger charge is 2.25. The molecule has 8 heteroatoms. The van der Waals surface area contributed by atoms with Crippen molar-refractivity contribution in [1.82, 2.24) is 34.4 Å². The third-order valence-electron chi connectivity index (χ3n) is 4.68. The lowest BCUT2D eigenvalue weighted by atomic mass is 9.96. The van der Waals surface area contributed by atoms with Crippen LogP contribution in [0.3, 0.4) is 0 Å². The Bertz CT molecular complexity index is 755. The summed E-state index contributed by atoms with van der Waals surface area (Å²) in [5.74, 6) is 2.52. The molecule has 0 aliphatic carbocycles. The Morgan fingerprint density at radius 1 is 1.21 bits per heavy atom. The summed E-state index contributed by atoms with van der Waals surface area (Å²) in [7, 11) is 2.06. The van der Waals surface area contributed by atoms with Crippen LogP contribution >= 0.6 is 11.3 Å². The molecule has 0 aromatic carbocycles. The molecule has 0 N–H and O–H groups in total. The molecule has 24 heavy (non-hydrogen) atoms. The largest absolute Gasteiger partial charge is 0.316 e. The lowest BCUT2D eigenvalue weighted by Gasteiger charge is -2.31. The molecule has 0 saturated carbocycles. The van der Waals surface area contributed by atoms with Crippen molar-refractivity contribution in [2.75, 3.05) is 13.1 Å². The normalized spacial score (nSPS) is 16.7. The molecule has 0 amide bonds. The van der Waals surface area contributed by atoms with E-state index < -0.39 is 0 Å². The molecule has 3 aromatic heterocycles. The molecular formula is C16H21N7S. The first-order valence-corrected chi connectivity index (χ1v) is 9.13. The van der Waals surface area contributed by atoms with E-state index in [0.717, 1.165) is 44.1 Å². The smallest absolute Gasteiger partial charge is 0.154 e. The van der Waals surface area contributed by atoms with Gasteiger partial charge in [0.05, 0.1) is 0 Å². The lowest BCUT2D eigenvalue weighted by molar-refractivity contribution is 0.202. The van der Waals surface area contributed by atoms with Crippen LogP contribution in [0.4, 0.5) is 0 Å². The maximum absolute atomic E-state index is 4.46. The molecule has 4 rings (SSSR count). The molecule has 0 bridgehead atoms. The van der Waals surface area contributed by atoms with E-state index in [0.29, 0.717) is 12.5 Å². The Kier molecular flexibility index (Phi) is 4.40. The van der Waals surface area contributed by atoms with Gasteiger partial charge in [-0.15, -0.1) is 21.5 Å². The van der Waals surface area contributed by atoms with Crippen LogP contribution in [0.25, 0.3) is 0 Å². The van der Waals surface area contributed by atoms with Gasteiger partial charge in [0.25, 0.3) is 0 Å². The van der Waals surface area contributed by atoms with Gasteiger partial charge >= 0.3 is 0 Å². The molecule has 3 aromatic rings. The van der Waals surface area contributed by atoms with Crippen molar-refractivity contribution in [2.24, 2.45) is 7.05 Å². The van der Waals surface area contributed by atoms with Crippen molar-refractivity contribution in [3.05, 3.63) is 46.7 Å². The van der Waals surface area contributed by atoms with Crippen LogP contribution in [0, 0.1) is 0 Å². The lowest BCUT2D eigenvalue weighted by Crippen LogP contribution is -2.33. The minimum absolute atomic E-state index is 0.492. The molecule has 1 aliphatic rings. The van der Waals surface area contributed by atoms with Gasteiger partial charge in [-0.2, -0.15) is 5.10 Å². The van der Waals surface area contributed by atoms with E-state index in [4.69, 9.17) is 0 Å². The van der Waals surface area contributed by atoms with Crippen LogP contribution in [0.15, 0.2) is 30.2 Å². The van der Waals surface area contributed by atoms with Crippen LogP contribution in [-0.2, 0) is 20.1 Å². The molecule has 126 valence electrons. The van der Waals surface area contributed by atoms with Crippen LogP contribution in [0.1, 0.15) is 35.3 Å². The molecule has 4 heterocycles. The Balaban J connectivity index is 1.38. The Hall–Kier alpha value is -2.06. The molecule has 0 radical (unpaired) electrons. The molecule has 0 unspecified atom stereocenters. The zero-order valence-electron chi connectivity index (χ0n) is 13.7. The Morgan fingerprint density at radius 2 is 2.08 bits per heavy atom. The highest BCUT2D eigenvalue weighted by molar-refractivity contribution is 7.09. The topological polar surface area (TPSA) is 64.7 Å². The van der Waals surface area contributed by atoms with Crippen LogP contribution < -0.4 is 0 Å². The van der Waals surface area contributed by atoms with E-state index in [2.05, 4.69) is 54.3 Å². The molecule has 7 nitrogen and oxygen atoms in total. The highest BCUT2D eigenvalue weighted by atomic mass is 32.1. The number of thiophene rings is 1. The number of hydrogen-bond donors (Lipinski definition) is 0. The molecule has 1 aliphatic heterocycles. The average Bonchev–Trinajstić information content (AvgIpc) is 3.34. The van der Waals surface area contributed by atoms with Gasteiger partial charge in [0, 0.05) is 24.4 Å². The molecule has 0 atom stereocenters. The van der Waals surface area contributed by atoms with E-state index in [9.17, 15) is 0 Å². The first-order valence-electron chi connectivity index (χ1n) is 8.25. The number of piperidine rings is 1. The van der Waals surface area contributed by atoms with Gasteiger partial charge in [-0.05, 0) is 37.4 Å². The van der Waals surface area contributed by atoms with Crippen molar-refractivity contribution in [2.45, 2.75) is 31.8 Å². The van der Waals surface area contributed by atoms with Crippen molar-refractivity contribution < 1.29 is 0 Å². The summed E-state index contributed by atoms with van der Waals surface area (Å²) < 4.78 is 3.90. The highest BCUT2D eigenvalue weighted by Crippen LogP contribution is 2.28. The molecular weight excluding hydrogens is 322 g/mol. The van der Waals surface area contributed by atoms with E-state index >= 15 is 0 Å². The average molecular weight is 343 g/mol. The summed E-state index contributed by atoms with van der Waals surface area (Å²) in [5, 5.41) is 15.1. The fourth-order valence-electron chi connectivity index (χ4n) is 3.30. The first-order chi connectivity index (χ1) is 11.8. The molecule has 0 spiro atoms. The summed E-state index contributed by atoms with van der Waals surface area (Å²) in [4.78, 5) is 7.96.